The lowest BCUT2D eigenvalue weighted by molar-refractivity contribution is -0.147. The van der Waals surface area contributed by atoms with Crippen LogP contribution in [0.1, 0.15) is 12.3 Å². The molecule has 1 aromatic heterocycles. The summed E-state index contributed by atoms with van der Waals surface area (Å²) in [4.78, 5) is 27.8. The Morgan fingerprint density at radius 2 is 1.81 bits per heavy atom. The van der Waals surface area contributed by atoms with Gasteiger partial charge in [-0.1, -0.05) is 30.3 Å². The van der Waals surface area contributed by atoms with Crippen molar-refractivity contribution in [1.82, 2.24) is 4.98 Å². The number of anilines is 1. The molecule has 138 valence electrons. The summed E-state index contributed by atoms with van der Waals surface area (Å²) in [6, 6.07) is 16.9. The monoisotopic (exact) mass is 476 g/mol. The number of halogens is 1. The zero-order valence-electron chi connectivity index (χ0n) is 14.4. The van der Waals surface area contributed by atoms with E-state index >= 15 is 0 Å². The lowest BCUT2D eigenvalue weighted by atomic mass is 10.2. The number of nitrogens with one attached hydrogen (secondary N) is 1. The molecule has 27 heavy (non-hydrogen) atoms. The Hall–Kier alpha value is -2.68. The maximum Gasteiger partial charge on any atom is 0.306 e. The van der Waals surface area contributed by atoms with Gasteiger partial charge in [0, 0.05) is 21.2 Å². The van der Waals surface area contributed by atoms with Crippen LogP contribution in [0.5, 0.6) is 0 Å². The Labute approximate surface area is 170 Å². The molecule has 0 fully saturated rings. The molecule has 0 aliphatic carbocycles. The number of hydrogen-bond acceptors (Lipinski definition) is 5. The first-order chi connectivity index (χ1) is 13.1. The van der Waals surface area contributed by atoms with Crippen LogP contribution in [0.2, 0.25) is 0 Å². The lowest BCUT2D eigenvalue weighted by Gasteiger charge is -2.06. The van der Waals surface area contributed by atoms with Crippen LogP contribution in [0.3, 0.4) is 0 Å². The molecule has 1 heterocycles. The van der Waals surface area contributed by atoms with Gasteiger partial charge in [-0.2, -0.15) is 0 Å². The van der Waals surface area contributed by atoms with E-state index in [2.05, 4.69) is 32.9 Å². The molecule has 6 nitrogen and oxygen atoms in total. The fourth-order valence-corrected chi connectivity index (χ4v) is 2.68. The first-order valence-corrected chi connectivity index (χ1v) is 9.39. The van der Waals surface area contributed by atoms with Gasteiger partial charge >= 0.3 is 5.97 Å². The number of amides is 1. The predicted molar refractivity (Wildman–Crippen MR) is 109 cm³/mol. The molecule has 0 aliphatic heterocycles. The maximum absolute atomic E-state index is 11.8. The van der Waals surface area contributed by atoms with Crippen LogP contribution in [0, 0.1) is 3.57 Å². The van der Waals surface area contributed by atoms with E-state index in [0.717, 1.165) is 9.13 Å². The van der Waals surface area contributed by atoms with Gasteiger partial charge in [-0.25, -0.2) is 4.98 Å². The molecule has 0 unspecified atom stereocenters. The Balaban J connectivity index is 1.41. The Kier molecular flexibility index (Phi) is 6.59. The average Bonchev–Trinajstić information content (AvgIpc) is 3.16. The zero-order valence-corrected chi connectivity index (χ0v) is 16.5. The minimum atomic E-state index is -0.479. The summed E-state index contributed by atoms with van der Waals surface area (Å²) in [5, 5.41) is 2.67. The van der Waals surface area contributed by atoms with Crippen LogP contribution in [0.15, 0.2) is 65.2 Å². The Morgan fingerprint density at radius 1 is 1.07 bits per heavy atom. The molecule has 0 bridgehead atoms. The van der Waals surface area contributed by atoms with E-state index < -0.39 is 5.97 Å². The molecule has 0 radical (unpaired) electrons. The molecule has 2 aromatic carbocycles. The second kappa shape index (κ2) is 9.31. The molecular weight excluding hydrogens is 459 g/mol. The molecule has 1 N–H and O–H groups in total. The average molecular weight is 476 g/mol. The van der Waals surface area contributed by atoms with Crippen molar-refractivity contribution in [2.45, 2.75) is 12.8 Å². The first-order valence-electron chi connectivity index (χ1n) is 8.31. The maximum atomic E-state index is 11.8. The highest BCUT2D eigenvalue weighted by Gasteiger charge is 2.11. The van der Waals surface area contributed by atoms with E-state index in [4.69, 9.17) is 9.15 Å². The SMILES string of the molecule is O=C(COC(=O)CCc1ncc(-c2ccccc2)o1)Nc1ccc(I)cc1. The van der Waals surface area contributed by atoms with E-state index in [-0.39, 0.29) is 18.9 Å². The highest BCUT2D eigenvalue weighted by Crippen LogP contribution is 2.20. The van der Waals surface area contributed by atoms with Gasteiger partial charge in [-0.3, -0.25) is 9.59 Å². The van der Waals surface area contributed by atoms with Crippen molar-refractivity contribution in [3.8, 4) is 11.3 Å². The molecule has 0 spiro atoms. The number of ether oxygens (including phenoxy) is 1. The molecule has 7 heteroatoms. The number of benzene rings is 2. The smallest absolute Gasteiger partial charge is 0.306 e. The molecule has 3 rings (SSSR count). The Morgan fingerprint density at radius 3 is 2.56 bits per heavy atom. The van der Waals surface area contributed by atoms with Crippen LogP contribution >= 0.6 is 22.6 Å². The number of carbonyl (C=O) groups excluding carboxylic acids is 2. The molecule has 0 saturated carbocycles. The van der Waals surface area contributed by atoms with Crippen LogP contribution in [0.25, 0.3) is 11.3 Å². The number of nitrogens with zero attached hydrogens (tertiary/aromatic N) is 1. The minimum Gasteiger partial charge on any atom is -0.456 e. The first kappa shape index (κ1) is 19.1. The van der Waals surface area contributed by atoms with Crippen molar-refractivity contribution >= 4 is 40.2 Å². The number of oxazole rings is 1. The van der Waals surface area contributed by atoms with E-state index in [1.54, 1.807) is 18.3 Å². The zero-order chi connectivity index (χ0) is 19.1. The standard InChI is InChI=1S/C20H17IN2O4/c21-15-6-8-16(9-7-15)23-18(24)13-26-20(25)11-10-19-22-12-17(27-19)14-4-2-1-3-5-14/h1-9,12H,10-11,13H2,(H,23,24). The fraction of sp³-hybridized carbons (Fsp3) is 0.150. The molecule has 3 aromatic rings. The topological polar surface area (TPSA) is 81.4 Å². The summed E-state index contributed by atoms with van der Waals surface area (Å²) in [7, 11) is 0. The van der Waals surface area contributed by atoms with E-state index in [1.807, 2.05) is 42.5 Å². The highest BCUT2D eigenvalue weighted by molar-refractivity contribution is 14.1. The third-order valence-electron chi connectivity index (χ3n) is 3.65. The fourth-order valence-electron chi connectivity index (χ4n) is 2.32. The van der Waals surface area contributed by atoms with Gasteiger partial charge in [0.15, 0.2) is 18.3 Å². The van der Waals surface area contributed by atoms with E-state index in [1.165, 1.54) is 0 Å². The quantitative estimate of drug-likeness (QED) is 0.411. The van der Waals surface area contributed by atoms with Crippen molar-refractivity contribution in [3.63, 3.8) is 0 Å². The van der Waals surface area contributed by atoms with Crippen LogP contribution in [0.4, 0.5) is 5.69 Å². The van der Waals surface area contributed by atoms with Gasteiger partial charge < -0.3 is 14.5 Å². The van der Waals surface area contributed by atoms with Gasteiger partial charge in [0.1, 0.15) is 0 Å². The summed E-state index contributed by atoms with van der Waals surface area (Å²) in [5.74, 6) is 0.240. The van der Waals surface area contributed by atoms with E-state index in [9.17, 15) is 9.59 Å². The Bertz CT molecular complexity index is 907. The van der Waals surface area contributed by atoms with Crippen molar-refractivity contribution in [2.24, 2.45) is 0 Å². The van der Waals surface area contributed by atoms with Gasteiger partial charge in [-0.05, 0) is 46.9 Å². The third kappa shape index (κ3) is 5.92. The molecule has 0 aliphatic rings. The van der Waals surface area contributed by atoms with Crippen LogP contribution in [-0.4, -0.2) is 23.5 Å². The summed E-state index contributed by atoms with van der Waals surface area (Å²) < 4.78 is 11.7. The molecule has 0 saturated heterocycles. The number of carbonyl (C=O) groups is 2. The second-order valence-electron chi connectivity index (χ2n) is 5.70. The van der Waals surface area contributed by atoms with Crippen molar-refractivity contribution < 1.29 is 18.7 Å². The van der Waals surface area contributed by atoms with Crippen molar-refractivity contribution in [1.29, 1.82) is 0 Å². The second-order valence-corrected chi connectivity index (χ2v) is 6.95. The van der Waals surface area contributed by atoms with Crippen molar-refractivity contribution in [3.05, 3.63) is 70.3 Å². The molecule has 0 atom stereocenters. The number of esters is 1. The number of aryl methyl sites for hydroxylation is 1. The van der Waals surface area contributed by atoms with Crippen LogP contribution in [-0.2, 0) is 20.7 Å². The normalized spacial score (nSPS) is 10.4. The number of rotatable bonds is 7. The largest absolute Gasteiger partial charge is 0.456 e. The minimum absolute atomic E-state index is 0.0888. The van der Waals surface area contributed by atoms with Gasteiger partial charge in [0.05, 0.1) is 12.6 Å². The molecule has 1 amide bonds. The summed E-state index contributed by atoms with van der Waals surface area (Å²) >= 11 is 2.18. The summed E-state index contributed by atoms with van der Waals surface area (Å²) in [6.07, 6.45) is 2.03. The highest BCUT2D eigenvalue weighted by atomic mass is 127. The van der Waals surface area contributed by atoms with Crippen molar-refractivity contribution in [2.75, 3.05) is 11.9 Å². The molecular formula is C20H17IN2O4. The van der Waals surface area contributed by atoms with Crippen LogP contribution < -0.4 is 5.32 Å². The summed E-state index contributed by atoms with van der Waals surface area (Å²) in [6.45, 7) is -0.328. The predicted octanol–water partition coefficient (Wildman–Crippen LogP) is 4.06. The van der Waals surface area contributed by atoms with E-state index in [0.29, 0.717) is 23.8 Å². The van der Waals surface area contributed by atoms with Gasteiger partial charge in [-0.15, -0.1) is 0 Å². The lowest BCUT2D eigenvalue weighted by Crippen LogP contribution is -2.21. The number of aromatic nitrogens is 1. The summed E-state index contributed by atoms with van der Waals surface area (Å²) in [5.41, 5.74) is 1.58. The third-order valence-corrected chi connectivity index (χ3v) is 4.37. The van der Waals surface area contributed by atoms with Gasteiger partial charge in [0.2, 0.25) is 0 Å². The number of hydrogen-bond donors (Lipinski definition) is 1. The van der Waals surface area contributed by atoms with Gasteiger partial charge in [0.25, 0.3) is 5.91 Å².